The van der Waals surface area contributed by atoms with Gasteiger partial charge in [0.05, 0.1) is 17.1 Å². The van der Waals surface area contributed by atoms with Crippen LogP contribution in [0.5, 0.6) is 0 Å². The first-order chi connectivity index (χ1) is 7.99. The fourth-order valence-electron chi connectivity index (χ4n) is 1.29. The number of thiazole rings is 1. The van der Waals surface area contributed by atoms with E-state index in [1.54, 1.807) is 22.7 Å². The summed E-state index contributed by atoms with van der Waals surface area (Å²) in [6.07, 6.45) is 0.778. The topological polar surface area (TPSA) is 50.7 Å². The van der Waals surface area contributed by atoms with Gasteiger partial charge in [-0.2, -0.15) is 0 Å². The summed E-state index contributed by atoms with van der Waals surface area (Å²) >= 11 is 3.27. The molecule has 0 radical (unpaired) electrons. The van der Waals surface area contributed by atoms with Gasteiger partial charge in [-0.15, -0.1) is 21.5 Å². The zero-order valence-corrected chi connectivity index (χ0v) is 12.1. The number of aromatic nitrogens is 3. The van der Waals surface area contributed by atoms with Crippen molar-refractivity contribution >= 4 is 27.8 Å². The molecule has 0 unspecified atom stereocenters. The van der Waals surface area contributed by atoms with Crippen molar-refractivity contribution in [2.75, 3.05) is 12.4 Å². The summed E-state index contributed by atoms with van der Waals surface area (Å²) in [5.74, 6) is 0. The van der Waals surface area contributed by atoms with Crippen LogP contribution in [0.15, 0.2) is 5.38 Å². The second-order valence-electron chi connectivity index (χ2n) is 4.80. The van der Waals surface area contributed by atoms with Crippen LogP contribution in [0.3, 0.4) is 0 Å². The van der Waals surface area contributed by atoms with Crippen molar-refractivity contribution in [3.8, 4) is 0 Å². The Kier molecular flexibility index (Phi) is 3.44. The molecule has 0 bridgehead atoms. The van der Waals surface area contributed by atoms with E-state index in [-0.39, 0.29) is 5.41 Å². The molecule has 0 aliphatic rings. The van der Waals surface area contributed by atoms with Crippen LogP contribution in [0, 0.1) is 0 Å². The van der Waals surface area contributed by atoms with Crippen molar-refractivity contribution in [3.63, 3.8) is 0 Å². The SMILES string of the molecule is CNc1nnc(Cc2nc(C(C)(C)C)cs2)s1. The largest absolute Gasteiger partial charge is 0.363 e. The molecule has 2 aromatic heterocycles. The van der Waals surface area contributed by atoms with E-state index in [9.17, 15) is 0 Å². The lowest BCUT2D eigenvalue weighted by atomic mass is 9.93. The highest BCUT2D eigenvalue weighted by Crippen LogP contribution is 2.26. The predicted octanol–water partition coefficient (Wildman–Crippen LogP) is 2.92. The maximum Gasteiger partial charge on any atom is 0.205 e. The number of hydrogen-bond acceptors (Lipinski definition) is 6. The first kappa shape index (κ1) is 12.4. The Morgan fingerprint density at radius 1 is 1.24 bits per heavy atom. The van der Waals surface area contributed by atoms with Crippen LogP contribution in [0.25, 0.3) is 0 Å². The molecule has 0 fully saturated rings. The highest BCUT2D eigenvalue weighted by atomic mass is 32.1. The van der Waals surface area contributed by atoms with Crippen molar-refractivity contribution in [2.45, 2.75) is 32.6 Å². The van der Waals surface area contributed by atoms with Gasteiger partial charge < -0.3 is 5.32 Å². The fraction of sp³-hybridized carbons (Fsp3) is 0.545. The van der Waals surface area contributed by atoms with Crippen LogP contribution < -0.4 is 5.32 Å². The first-order valence-electron chi connectivity index (χ1n) is 5.44. The van der Waals surface area contributed by atoms with Crippen LogP contribution >= 0.6 is 22.7 Å². The van der Waals surface area contributed by atoms with Crippen LogP contribution in [-0.2, 0) is 11.8 Å². The van der Waals surface area contributed by atoms with E-state index in [2.05, 4.69) is 46.6 Å². The smallest absolute Gasteiger partial charge is 0.205 e. The molecular formula is C11H16N4S2. The van der Waals surface area contributed by atoms with Gasteiger partial charge in [0.15, 0.2) is 0 Å². The van der Waals surface area contributed by atoms with Crippen molar-refractivity contribution in [3.05, 3.63) is 21.1 Å². The monoisotopic (exact) mass is 268 g/mol. The van der Waals surface area contributed by atoms with Gasteiger partial charge in [0.25, 0.3) is 0 Å². The second kappa shape index (κ2) is 4.70. The molecule has 1 N–H and O–H groups in total. The Morgan fingerprint density at radius 3 is 2.53 bits per heavy atom. The van der Waals surface area contributed by atoms with Crippen LogP contribution in [0.1, 0.15) is 36.5 Å². The minimum Gasteiger partial charge on any atom is -0.363 e. The third kappa shape index (κ3) is 3.01. The average molecular weight is 268 g/mol. The average Bonchev–Trinajstić information content (AvgIpc) is 2.86. The van der Waals surface area contributed by atoms with E-state index in [4.69, 9.17) is 0 Å². The number of nitrogens with zero attached hydrogens (tertiary/aromatic N) is 3. The van der Waals surface area contributed by atoms with E-state index in [1.807, 2.05) is 7.05 Å². The second-order valence-corrected chi connectivity index (χ2v) is 6.81. The van der Waals surface area contributed by atoms with Gasteiger partial charge in [0, 0.05) is 17.8 Å². The molecule has 2 heterocycles. The van der Waals surface area contributed by atoms with Crippen LogP contribution in [0.2, 0.25) is 0 Å². The third-order valence-corrected chi connectivity index (χ3v) is 4.09. The van der Waals surface area contributed by atoms with Gasteiger partial charge in [0.1, 0.15) is 5.01 Å². The Hall–Kier alpha value is -1.01. The molecule has 0 amide bonds. The van der Waals surface area contributed by atoms with Gasteiger partial charge in [-0.1, -0.05) is 32.1 Å². The third-order valence-electron chi connectivity index (χ3n) is 2.30. The van der Waals surface area contributed by atoms with Crippen molar-refractivity contribution in [1.82, 2.24) is 15.2 Å². The Labute approximate surface area is 109 Å². The molecule has 0 aliphatic carbocycles. The van der Waals surface area contributed by atoms with Crippen molar-refractivity contribution in [1.29, 1.82) is 0 Å². The lowest BCUT2D eigenvalue weighted by Gasteiger charge is -2.14. The lowest BCUT2D eigenvalue weighted by molar-refractivity contribution is 0.571. The highest BCUT2D eigenvalue weighted by Gasteiger charge is 2.17. The van der Waals surface area contributed by atoms with Crippen molar-refractivity contribution in [2.24, 2.45) is 0 Å². The normalized spacial score (nSPS) is 11.8. The Balaban J connectivity index is 2.11. The molecule has 0 aromatic carbocycles. The Bertz CT molecular complexity index is 496. The summed E-state index contributed by atoms with van der Waals surface area (Å²) in [4.78, 5) is 4.65. The van der Waals surface area contributed by atoms with Gasteiger partial charge in [-0.25, -0.2) is 4.98 Å². The van der Waals surface area contributed by atoms with E-state index < -0.39 is 0 Å². The number of rotatable bonds is 3. The summed E-state index contributed by atoms with van der Waals surface area (Å²) in [6, 6.07) is 0. The summed E-state index contributed by atoms with van der Waals surface area (Å²) in [6.45, 7) is 6.53. The lowest BCUT2D eigenvalue weighted by Crippen LogP contribution is -2.11. The van der Waals surface area contributed by atoms with E-state index >= 15 is 0 Å². The molecule has 0 aliphatic heterocycles. The number of anilines is 1. The molecule has 0 saturated carbocycles. The molecule has 2 rings (SSSR count). The highest BCUT2D eigenvalue weighted by molar-refractivity contribution is 7.15. The van der Waals surface area contributed by atoms with Gasteiger partial charge in [0.2, 0.25) is 5.13 Å². The zero-order chi connectivity index (χ0) is 12.5. The Morgan fingerprint density at radius 2 is 2.00 bits per heavy atom. The van der Waals surface area contributed by atoms with E-state index in [0.717, 1.165) is 27.3 Å². The van der Waals surface area contributed by atoms with Crippen LogP contribution in [-0.4, -0.2) is 22.2 Å². The molecule has 92 valence electrons. The maximum absolute atomic E-state index is 4.65. The summed E-state index contributed by atoms with van der Waals surface area (Å²) in [5.41, 5.74) is 1.27. The van der Waals surface area contributed by atoms with E-state index in [1.165, 1.54) is 0 Å². The van der Waals surface area contributed by atoms with Crippen LogP contribution in [0.4, 0.5) is 5.13 Å². The molecule has 0 atom stereocenters. The van der Waals surface area contributed by atoms with Gasteiger partial charge >= 0.3 is 0 Å². The van der Waals surface area contributed by atoms with Gasteiger partial charge in [-0.3, -0.25) is 0 Å². The minimum atomic E-state index is 0.117. The summed E-state index contributed by atoms with van der Waals surface area (Å²) < 4.78 is 0. The first-order valence-corrected chi connectivity index (χ1v) is 7.13. The molecule has 6 heteroatoms. The molecule has 17 heavy (non-hydrogen) atoms. The minimum absolute atomic E-state index is 0.117. The van der Waals surface area contributed by atoms with Crippen molar-refractivity contribution < 1.29 is 0 Å². The standard InChI is InChI=1S/C11H16N4S2/c1-11(2,3)7-6-16-8(13-7)5-9-14-15-10(12-4)17-9/h6H,5H2,1-4H3,(H,12,15). The fourth-order valence-corrected chi connectivity index (χ4v) is 3.11. The van der Waals surface area contributed by atoms with E-state index in [0.29, 0.717) is 0 Å². The predicted molar refractivity (Wildman–Crippen MR) is 73.1 cm³/mol. The molecular weight excluding hydrogens is 252 g/mol. The van der Waals surface area contributed by atoms with Gasteiger partial charge in [-0.05, 0) is 0 Å². The summed E-state index contributed by atoms with van der Waals surface area (Å²) in [7, 11) is 1.85. The molecule has 2 aromatic rings. The number of nitrogens with one attached hydrogen (secondary N) is 1. The zero-order valence-electron chi connectivity index (χ0n) is 10.4. The maximum atomic E-state index is 4.65. The summed E-state index contributed by atoms with van der Waals surface area (Å²) in [5, 5.41) is 16.2. The molecule has 0 spiro atoms. The molecule has 0 saturated heterocycles. The number of hydrogen-bond donors (Lipinski definition) is 1. The quantitative estimate of drug-likeness (QED) is 0.930. The molecule has 4 nitrogen and oxygen atoms in total.